The molecule has 0 spiro atoms. The van der Waals surface area contributed by atoms with Crippen molar-refractivity contribution in [3.05, 3.63) is 24.3 Å². The van der Waals surface area contributed by atoms with Crippen LogP contribution in [0.1, 0.15) is 32.6 Å². The standard InChI is InChI=1S/C21H29F3N8O3/c1-11(31-35)17(26)19(33)30-18(16(12-2-3-12)13-4-5-13)20(34)29-15-7-28-32(9-15)8-14(6-25)27-10-21(22,23)24/h6-7,9,12-13,16,18,26-27,35H,2-5,8,10,25H2,1H3,(H,29,34)(H,30,33)/b14-6-,26-17?,31-11-. The molecule has 1 aromatic heterocycles. The van der Waals surface area contributed by atoms with E-state index < -0.39 is 36.3 Å². The Morgan fingerprint density at radius 2 is 1.97 bits per heavy atom. The Kier molecular flexibility index (Phi) is 8.02. The molecular formula is C21H29F3N8O3. The minimum absolute atomic E-state index is 0.0771. The maximum atomic E-state index is 13.2. The monoisotopic (exact) mass is 498 g/mol. The lowest BCUT2D eigenvalue weighted by atomic mass is 9.88. The molecule has 14 heteroatoms. The average Bonchev–Trinajstić information content (AvgIpc) is 3.74. The normalized spacial score (nSPS) is 17.7. The van der Waals surface area contributed by atoms with Gasteiger partial charge < -0.3 is 26.9 Å². The van der Waals surface area contributed by atoms with Gasteiger partial charge in [0.25, 0.3) is 5.91 Å². The number of nitrogens with one attached hydrogen (secondary N) is 4. The summed E-state index contributed by atoms with van der Waals surface area (Å²) in [6.07, 6.45) is 3.18. The third kappa shape index (κ3) is 7.45. The van der Waals surface area contributed by atoms with Gasteiger partial charge in [-0.1, -0.05) is 5.16 Å². The highest BCUT2D eigenvalue weighted by atomic mass is 19.4. The summed E-state index contributed by atoms with van der Waals surface area (Å²) in [5.74, 6) is -0.819. The Morgan fingerprint density at radius 3 is 2.49 bits per heavy atom. The van der Waals surface area contributed by atoms with E-state index in [1.165, 1.54) is 24.0 Å². The topological polar surface area (TPSA) is 171 Å². The molecule has 1 atom stereocenters. The number of hydrogen-bond acceptors (Lipinski definition) is 8. The number of alkyl halides is 3. The summed E-state index contributed by atoms with van der Waals surface area (Å²) in [4.78, 5) is 25.8. The third-order valence-corrected chi connectivity index (χ3v) is 5.98. The number of anilines is 1. The average molecular weight is 499 g/mol. The highest BCUT2D eigenvalue weighted by Crippen LogP contribution is 2.50. The number of rotatable bonds is 12. The molecule has 35 heavy (non-hydrogen) atoms. The molecule has 192 valence electrons. The first-order chi connectivity index (χ1) is 16.5. The van der Waals surface area contributed by atoms with Crippen LogP contribution >= 0.6 is 0 Å². The van der Waals surface area contributed by atoms with Crippen molar-refractivity contribution in [3.63, 3.8) is 0 Å². The van der Waals surface area contributed by atoms with Crippen molar-refractivity contribution in [1.82, 2.24) is 20.4 Å². The van der Waals surface area contributed by atoms with Gasteiger partial charge in [0.05, 0.1) is 18.4 Å². The number of aromatic nitrogens is 2. The van der Waals surface area contributed by atoms with Crippen LogP contribution in [0.5, 0.6) is 0 Å². The van der Waals surface area contributed by atoms with Crippen LogP contribution < -0.4 is 21.7 Å². The lowest BCUT2D eigenvalue weighted by Crippen LogP contribution is -2.52. The Labute approximate surface area is 199 Å². The molecule has 3 rings (SSSR count). The molecule has 0 aromatic carbocycles. The highest BCUT2D eigenvalue weighted by Gasteiger charge is 2.48. The smallest absolute Gasteiger partial charge is 0.405 e. The Morgan fingerprint density at radius 1 is 1.34 bits per heavy atom. The van der Waals surface area contributed by atoms with E-state index in [2.05, 4.69) is 26.2 Å². The Hall–Kier alpha value is -3.58. The number of amides is 2. The van der Waals surface area contributed by atoms with E-state index in [0.29, 0.717) is 11.8 Å². The fourth-order valence-corrected chi connectivity index (χ4v) is 3.95. The molecule has 1 unspecified atom stereocenters. The number of oxime groups is 1. The molecule has 0 bridgehead atoms. The molecule has 0 radical (unpaired) electrons. The molecule has 1 aromatic rings. The van der Waals surface area contributed by atoms with E-state index in [9.17, 15) is 22.8 Å². The second-order valence-electron chi connectivity index (χ2n) is 8.84. The van der Waals surface area contributed by atoms with Gasteiger partial charge in [-0.25, -0.2) is 0 Å². The second kappa shape index (κ2) is 10.8. The number of hydrogen-bond donors (Lipinski definition) is 6. The van der Waals surface area contributed by atoms with Crippen LogP contribution in [0.25, 0.3) is 0 Å². The molecule has 2 saturated carbocycles. The van der Waals surface area contributed by atoms with E-state index >= 15 is 0 Å². The number of nitrogens with two attached hydrogens (primary N) is 1. The minimum atomic E-state index is -4.41. The largest absolute Gasteiger partial charge is 0.411 e. The predicted octanol–water partition coefficient (Wildman–Crippen LogP) is 1.56. The van der Waals surface area contributed by atoms with E-state index in [0.717, 1.165) is 31.9 Å². The first-order valence-electron chi connectivity index (χ1n) is 11.2. The number of allylic oxidation sites excluding steroid dienone is 1. The van der Waals surface area contributed by atoms with E-state index in [1.54, 1.807) is 0 Å². The molecule has 0 aliphatic heterocycles. The fourth-order valence-electron chi connectivity index (χ4n) is 3.95. The minimum Gasteiger partial charge on any atom is -0.411 e. The van der Waals surface area contributed by atoms with Crippen molar-refractivity contribution in [2.24, 2.45) is 28.6 Å². The molecule has 2 aliphatic carbocycles. The van der Waals surface area contributed by atoms with Crippen molar-refractivity contribution in [1.29, 1.82) is 5.41 Å². The van der Waals surface area contributed by atoms with Crippen LogP contribution in [0, 0.1) is 23.2 Å². The van der Waals surface area contributed by atoms with Gasteiger partial charge in [0.15, 0.2) is 0 Å². The summed E-state index contributed by atoms with van der Waals surface area (Å²) in [5.41, 5.74) is 5.05. The summed E-state index contributed by atoms with van der Waals surface area (Å²) in [6, 6.07) is -0.911. The van der Waals surface area contributed by atoms with Crippen molar-refractivity contribution in [2.45, 2.75) is 51.4 Å². The van der Waals surface area contributed by atoms with Crippen molar-refractivity contribution in [2.75, 3.05) is 11.9 Å². The molecule has 7 N–H and O–H groups in total. The van der Waals surface area contributed by atoms with Gasteiger partial charge in [-0.15, -0.1) is 0 Å². The molecule has 2 aliphatic rings. The Bertz CT molecular complexity index is 1000. The van der Waals surface area contributed by atoms with E-state index in [-0.39, 0.29) is 29.6 Å². The zero-order valence-corrected chi connectivity index (χ0v) is 19.1. The first kappa shape index (κ1) is 26.0. The van der Waals surface area contributed by atoms with Crippen LogP contribution in [0.3, 0.4) is 0 Å². The third-order valence-electron chi connectivity index (χ3n) is 5.98. The summed E-state index contributed by atoms with van der Waals surface area (Å²) >= 11 is 0. The van der Waals surface area contributed by atoms with Crippen LogP contribution in [0.15, 0.2) is 29.4 Å². The highest BCUT2D eigenvalue weighted by molar-refractivity contribution is 6.65. The van der Waals surface area contributed by atoms with Crippen molar-refractivity contribution < 1.29 is 28.0 Å². The fraction of sp³-hybridized carbons (Fsp3) is 0.571. The molecule has 1 heterocycles. The van der Waals surface area contributed by atoms with Crippen LogP contribution in [0.4, 0.5) is 18.9 Å². The first-order valence-corrected chi connectivity index (χ1v) is 11.2. The maximum Gasteiger partial charge on any atom is 0.405 e. The van der Waals surface area contributed by atoms with Crippen LogP contribution in [0.2, 0.25) is 0 Å². The lowest BCUT2D eigenvalue weighted by Gasteiger charge is -2.27. The molecule has 0 saturated heterocycles. The van der Waals surface area contributed by atoms with Gasteiger partial charge >= 0.3 is 6.18 Å². The van der Waals surface area contributed by atoms with Crippen LogP contribution in [-0.2, 0) is 16.1 Å². The second-order valence-corrected chi connectivity index (χ2v) is 8.84. The number of carbonyl (C=O) groups is 2. The number of carbonyl (C=O) groups excluding carboxylic acids is 2. The van der Waals surface area contributed by atoms with Gasteiger partial charge in [0.2, 0.25) is 5.91 Å². The number of halogens is 3. The summed E-state index contributed by atoms with van der Waals surface area (Å²) in [7, 11) is 0. The van der Waals surface area contributed by atoms with Gasteiger partial charge in [-0.05, 0) is 50.4 Å². The van der Waals surface area contributed by atoms with E-state index in [4.69, 9.17) is 16.4 Å². The molecule has 2 fully saturated rings. The van der Waals surface area contributed by atoms with Crippen molar-refractivity contribution >= 4 is 28.9 Å². The molecular weight excluding hydrogens is 469 g/mol. The van der Waals surface area contributed by atoms with Crippen LogP contribution in [-0.4, -0.2) is 57.0 Å². The number of nitrogens with zero attached hydrogens (tertiary/aromatic N) is 3. The van der Waals surface area contributed by atoms with Gasteiger partial charge in [0.1, 0.15) is 24.0 Å². The quantitative estimate of drug-likeness (QED) is 0.145. The summed E-state index contributed by atoms with van der Waals surface area (Å²) in [6.45, 7) is -0.0218. The lowest BCUT2D eigenvalue weighted by molar-refractivity contribution is -0.124. The zero-order chi connectivity index (χ0) is 25.8. The van der Waals surface area contributed by atoms with E-state index in [1.807, 2.05) is 0 Å². The molecule has 11 nitrogen and oxygen atoms in total. The van der Waals surface area contributed by atoms with Gasteiger partial charge in [-0.3, -0.25) is 19.7 Å². The Balaban J connectivity index is 1.69. The maximum absolute atomic E-state index is 13.2. The van der Waals surface area contributed by atoms with Gasteiger partial charge in [0, 0.05) is 18.1 Å². The van der Waals surface area contributed by atoms with Gasteiger partial charge in [-0.2, -0.15) is 18.3 Å². The SMILES string of the molecule is C/C(=N/O)C(=N)C(=O)NC(C(=O)Nc1cnn(C/C(=C/N)NCC(F)(F)F)c1)C(C1CC1)C1CC1. The summed E-state index contributed by atoms with van der Waals surface area (Å²) < 4.78 is 38.6. The van der Waals surface area contributed by atoms with Crippen molar-refractivity contribution in [3.8, 4) is 0 Å². The predicted molar refractivity (Wildman–Crippen MR) is 121 cm³/mol. The summed E-state index contributed by atoms with van der Waals surface area (Å²) in [5, 5.41) is 31.2. The zero-order valence-electron chi connectivity index (χ0n) is 19.1. The molecule has 2 amide bonds.